The Hall–Kier alpha value is -2.89. The molecule has 2 aromatic carbocycles. The van der Waals surface area contributed by atoms with E-state index in [0.717, 1.165) is 10.8 Å². The highest BCUT2D eigenvalue weighted by atomic mass is 16.4. The van der Waals surface area contributed by atoms with Gasteiger partial charge in [-0.25, -0.2) is 0 Å². The van der Waals surface area contributed by atoms with Crippen molar-refractivity contribution in [2.75, 3.05) is 19.6 Å². The van der Waals surface area contributed by atoms with Crippen LogP contribution in [0.3, 0.4) is 0 Å². The first-order chi connectivity index (χ1) is 12.4. The Labute approximate surface area is 152 Å². The Morgan fingerprint density at radius 3 is 2.42 bits per heavy atom. The summed E-state index contributed by atoms with van der Waals surface area (Å²) in [6.07, 6.45) is 0.0688. The minimum atomic E-state index is -1.04. The number of fused-ring (bicyclic) bond motifs is 1. The highest BCUT2D eigenvalue weighted by Crippen LogP contribution is 2.15. The third kappa shape index (κ3) is 5.58. The van der Waals surface area contributed by atoms with Crippen molar-refractivity contribution in [2.24, 2.45) is 5.92 Å². The summed E-state index contributed by atoms with van der Waals surface area (Å²) in [5, 5.41) is 13.7. The van der Waals surface area contributed by atoms with Crippen molar-refractivity contribution in [3.05, 3.63) is 48.0 Å². The number of carbonyl (C=O) groups is 3. The molecule has 26 heavy (non-hydrogen) atoms. The van der Waals surface area contributed by atoms with Crippen LogP contribution in [-0.4, -0.2) is 47.4 Å². The fourth-order valence-electron chi connectivity index (χ4n) is 2.73. The summed E-state index contributed by atoms with van der Waals surface area (Å²) < 4.78 is 0. The highest BCUT2D eigenvalue weighted by Gasteiger charge is 2.18. The number of hydrogen-bond acceptors (Lipinski definition) is 3. The molecule has 2 amide bonds. The van der Waals surface area contributed by atoms with E-state index in [-0.39, 0.29) is 37.2 Å². The second-order valence-corrected chi connectivity index (χ2v) is 6.63. The van der Waals surface area contributed by atoms with Crippen molar-refractivity contribution < 1.29 is 19.5 Å². The van der Waals surface area contributed by atoms with Crippen LogP contribution in [0.5, 0.6) is 0 Å². The molecule has 0 aromatic heterocycles. The number of nitrogens with one attached hydrogen (secondary N) is 1. The van der Waals surface area contributed by atoms with E-state index < -0.39 is 5.97 Å². The predicted octanol–water partition coefficient (Wildman–Crippen LogP) is 2.53. The molecular weight excluding hydrogens is 332 g/mol. The van der Waals surface area contributed by atoms with E-state index in [0.29, 0.717) is 12.1 Å². The molecule has 0 heterocycles. The van der Waals surface area contributed by atoms with Gasteiger partial charge in [-0.3, -0.25) is 14.4 Å². The summed E-state index contributed by atoms with van der Waals surface area (Å²) in [6.45, 7) is 4.06. The van der Waals surface area contributed by atoms with Crippen LogP contribution in [-0.2, 0) is 9.59 Å². The number of amides is 2. The Bertz CT molecular complexity index is 801. The molecule has 2 aromatic rings. The normalized spacial score (nSPS) is 10.7. The van der Waals surface area contributed by atoms with Gasteiger partial charge in [0.05, 0.1) is 0 Å². The zero-order valence-electron chi connectivity index (χ0n) is 15.1. The van der Waals surface area contributed by atoms with Crippen molar-refractivity contribution in [3.8, 4) is 0 Å². The topological polar surface area (TPSA) is 86.7 Å². The maximum atomic E-state index is 12.3. The second-order valence-electron chi connectivity index (χ2n) is 6.63. The van der Waals surface area contributed by atoms with E-state index in [2.05, 4.69) is 5.32 Å². The number of benzene rings is 2. The first-order valence-electron chi connectivity index (χ1n) is 8.63. The van der Waals surface area contributed by atoms with E-state index in [4.69, 9.17) is 5.11 Å². The van der Waals surface area contributed by atoms with E-state index in [1.165, 1.54) is 4.90 Å². The predicted molar refractivity (Wildman–Crippen MR) is 100.0 cm³/mol. The molecule has 0 fully saturated rings. The maximum absolute atomic E-state index is 12.3. The van der Waals surface area contributed by atoms with Gasteiger partial charge in [0.2, 0.25) is 5.91 Å². The molecule has 0 saturated carbocycles. The molecule has 0 aliphatic rings. The summed E-state index contributed by atoms with van der Waals surface area (Å²) in [7, 11) is 0. The molecule has 2 rings (SSSR count). The molecule has 0 spiro atoms. The fourth-order valence-corrected chi connectivity index (χ4v) is 2.73. The van der Waals surface area contributed by atoms with Crippen LogP contribution in [0.4, 0.5) is 0 Å². The van der Waals surface area contributed by atoms with Gasteiger partial charge in [-0.2, -0.15) is 0 Å². The second kappa shape index (κ2) is 8.99. The molecule has 0 atom stereocenters. The number of hydrogen-bond donors (Lipinski definition) is 2. The van der Waals surface area contributed by atoms with Crippen LogP contribution < -0.4 is 5.32 Å². The molecule has 0 unspecified atom stereocenters. The molecule has 2 N–H and O–H groups in total. The minimum absolute atomic E-state index is 0.0688. The monoisotopic (exact) mass is 356 g/mol. The third-order valence-corrected chi connectivity index (χ3v) is 3.90. The summed E-state index contributed by atoms with van der Waals surface area (Å²) in [5.74, 6) is -1.40. The summed E-state index contributed by atoms with van der Waals surface area (Å²) in [5.41, 5.74) is 0.528. The smallest absolute Gasteiger partial charge is 0.323 e. The van der Waals surface area contributed by atoms with Crippen LogP contribution in [0.15, 0.2) is 42.5 Å². The summed E-state index contributed by atoms with van der Waals surface area (Å²) in [6, 6.07) is 13.2. The molecule has 0 aliphatic heterocycles. The van der Waals surface area contributed by atoms with Gasteiger partial charge in [0.15, 0.2) is 0 Å². The van der Waals surface area contributed by atoms with Crippen LogP contribution in [0, 0.1) is 5.92 Å². The average molecular weight is 356 g/mol. The lowest BCUT2D eigenvalue weighted by atomic mass is 10.1. The zero-order valence-corrected chi connectivity index (χ0v) is 15.1. The number of carboxylic acids is 1. The molecule has 0 aliphatic carbocycles. The van der Waals surface area contributed by atoms with Gasteiger partial charge in [0.25, 0.3) is 5.91 Å². The molecule has 6 heteroatoms. The van der Waals surface area contributed by atoms with Crippen molar-refractivity contribution >= 4 is 28.6 Å². The average Bonchev–Trinajstić information content (AvgIpc) is 2.59. The van der Waals surface area contributed by atoms with Gasteiger partial charge < -0.3 is 15.3 Å². The lowest BCUT2D eigenvalue weighted by molar-refractivity contribution is -0.144. The number of carbonyl (C=O) groups excluding carboxylic acids is 2. The van der Waals surface area contributed by atoms with Gasteiger partial charge >= 0.3 is 5.97 Å². The first-order valence-corrected chi connectivity index (χ1v) is 8.63. The minimum Gasteiger partial charge on any atom is -0.480 e. The first kappa shape index (κ1) is 19.4. The van der Waals surface area contributed by atoms with Crippen LogP contribution in [0.1, 0.15) is 30.6 Å². The largest absolute Gasteiger partial charge is 0.480 e. The van der Waals surface area contributed by atoms with E-state index in [1.807, 2.05) is 50.2 Å². The molecule has 0 radical (unpaired) electrons. The molecule has 6 nitrogen and oxygen atoms in total. The van der Waals surface area contributed by atoms with Crippen molar-refractivity contribution in [1.29, 1.82) is 0 Å². The standard InChI is InChI=1S/C20H24N2O4/c1-14(2)12-22(13-19(24)25)18(23)9-10-21-20(26)17-8-7-15-5-3-4-6-16(15)11-17/h3-8,11,14H,9-10,12-13H2,1-2H3,(H,21,26)(H,24,25). The fraction of sp³-hybridized carbons (Fsp3) is 0.350. The third-order valence-electron chi connectivity index (χ3n) is 3.90. The van der Waals surface area contributed by atoms with Crippen LogP contribution in [0.2, 0.25) is 0 Å². The quantitative estimate of drug-likeness (QED) is 0.761. The van der Waals surface area contributed by atoms with Crippen LogP contribution in [0.25, 0.3) is 10.8 Å². The number of rotatable bonds is 8. The van der Waals surface area contributed by atoms with Crippen molar-refractivity contribution in [3.63, 3.8) is 0 Å². The number of nitrogens with zero attached hydrogens (tertiary/aromatic N) is 1. The van der Waals surface area contributed by atoms with Gasteiger partial charge in [-0.15, -0.1) is 0 Å². The van der Waals surface area contributed by atoms with Gasteiger partial charge in [-0.1, -0.05) is 44.2 Å². The lowest BCUT2D eigenvalue weighted by Crippen LogP contribution is -2.39. The SMILES string of the molecule is CC(C)CN(CC(=O)O)C(=O)CCNC(=O)c1ccc2ccccc2c1. The maximum Gasteiger partial charge on any atom is 0.323 e. The number of carboxylic acid groups (broad SMARTS) is 1. The lowest BCUT2D eigenvalue weighted by Gasteiger charge is -2.22. The van der Waals surface area contributed by atoms with Crippen LogP contribution >= 0.6 is 0 Å². The number of aliphatic carboxylic acids is 1. The van der Waals surface area contributed by atoms with Crippen molar-refractivity contribution in [1.82, 2.24) is 10.2 Å². The van der Waals surface area contributed by atoms with Gasteiger partial charge in [0, 0.05) is 25.1 Å². The highest BCUT2D eigenvalue weighted by molar-refractivity contribution is 5.98. The molecule has 138 valence electrons. The van der Waals surface area contributed by atoms with Gasteiger partial charge in [0.1, 0.15) is 6.54 Å². The molecule has 0 saturated heterocycles. The van der Waals surface area contributed by atoms with Crippen molar-refractivity contribution in [2.45, 2.75) is 20.3 Å². The molecule has 0 bridgehead atoms. The van der Waals surface area contributed by atoms with E-state index in [1.54, 1.807) is 6.07 Å². The summed E-state index contributed by atoms with van der Waals surface area (Å²) in [4.78, 5) is 36.7. The van der Waals surface area contributed by atoms with E-state index >= 15 is 0 Å². The zero-order chi connectivity index (χ0) is 19.1. The summed E-state index contributed by atoms with van der Waals surface area (Å²) >= 11 is 0. The molecular formula is C20H24N2O4. The Kier molecular flexibility index (Phi) is 6.72. The van der Waals surface area contributed by atoms with E-state index in [9.17, 15) is 14.4 Å². The Balaban J connectivity index is 1.91. The Morgan fingerprint density at radius 2 is 1.77 bits per heavy atom. The van der Waals surface area contributed by atoms with Gasteiger partial charge in [-0.05, 0) is 28.8 Å². The Morgan fingerprint density at radius 1 is 1.08 bits per heavy atom.